The van der Waals surface area contributed by atoms with Gasteiger partial charge >= 0.3 is 11.4 Å². The molecule has 1 aliphatic rings. The maximum absolute atomic E-state index is 14.8. The molecule has 188 valence electrons. The van der Waals surface area contributed by atoms with Gasteiger partial charge in [-0.25, -0.2) is 14.0 Å². The Bertz CT molecular complexity index is 2010. The van der Waals surface area contributed by atoms with Crippen LogP contribution in [0.4, 0.5) is 15.9 Å². The van der Waals surface area contributed by atoms with E-state index in [-0.39, 0.29) is 34.0 Å². The quantitative estimate of drug-likeness (QED) is 0.388. The van der Waals surface area contributed by atoms with Gasteiger partial charge in [0.1, 0.15) is 17.0 Å². The van der Waals surface area contributed by atoms with Gasteiger partial charge in [0.25, 0.3) is 11.1 Å². The second-order valence-electron chi connectivity index (χ2n) is 9.39. The molecule has 0 bridgehead atoms. The summed E-state index contributed by atoms with van der Waals surface area (Å²) in [4.78, 5) is 55.2. The summed E-state index contributed by atoms with van der Waals surface area (Å²) in [6.07, 6.45) is 1.32. The Morgan fingerprint density at radius 3 is 2.49 bits per heavy atom. The Kier molecular flexibility index (Phi) is 4.87. The van der Waals surface area contributed by atoms with Crippen molar-refractivity contribution in [3.63, 3.8) is 0 Å². The van der Waals surface area contributed by atoms with Crippen LogP contribution in [0, 0.1) is 19.7 Å². The first kappa shape index (κ1) is 22.8. The van der Waals surface area contributed by atoms with E-state index in [0.717, 1.165) is 0 Å². The van der Waals surface area contributed by atoms with Crippen LogP contribution in [-0.4, -0.2) is 18.7 Å². The second kappa shape index (κ2) is 7.92. The number of aryl methyl sites for hydroxylation is 2. The van der Waals surface area contributed by atoms with E-state index in [1.54, 1.807) is 25.1 Å². The maximum atomic E-state index is 14.8. The topological polar surface area (TPSA) is 124 Å². The van der Waals surface area contributed by atoms with E-state index in [1.807, 2.05) is 0 Å². The summed E-state index contributed by atoms with van der Waals surface area (Å²) in [5, 5.41) is 3.01. The van der Waals surface area contributed by atoms with Crippen LogP contribution >= 0.6 is 0 Å². The molecule has 11 heteroatoms. The first-order valence-electron chi connectivity index (χ1n) is 11.7. The van der Waals surface area contributed by atoms with Crippen LogP contribution in [0.3, 0.4) is 0 Å². The highest BCUT2D eigenvalue weighted by Gasteiger charge is 2.31. The predicted molar refractivity (Wildman–Crippen MR) is 137 cm³/mol. The average molecular weight is 503 g/mol. The Hall–Kier alpha value is -4.67. The van der Waals surface area contributed by atoms with Crippen LogP contribution in [0.1, 0.15) is 30.0 Å². The van der Waals surface area contributed by atoms with Crippen molar-refractivity contribution in [2.45, 2.75) is 32.7 Å². The Labute approximate surface area is 207 Å². The number of hydrogen-bond donors (Lipinski definition) is 2. The van der Waals surface area contributed by atoms with Gasteiger partial charge in [-0.3, -0.25) is 28.3 Å². The van der Waals surface area contributed by atoms with Crippen molar-refractivity contribution >= 4 is 33.5 Å². The van der Waals surface area contributed by atoms with Crippen LogP contribution in [0.2, 0.25) is 0 Å². The molecule has 1 aliphatic carbocycles. The fraction of sp³-hybridized carbons (Fsp3) is 0.231. The minimum absolute atomic E-state index is 0.0688. The molecule has 2 aromatic carbocycles. The van der Waals surface area contributed by atoms with E-state index in [4.69, 9.17) is 4.42 Å². The average Bonchev–Trinajstić information content (AvgIpc) is 3.61. The van der Waals surface area contributed by atoms with Crippen LogP contribution < -0.4 is 27.9 Å². The van der Waals surface area contributed by atoms with Gasteiger partial charge in [-0.15, -0.1) is 0 Å². The lowest BCUT2D eigenvalue weighted by molar-refractivity contribution is 0.555. The zero-order chi connectivity index (χ0) is 26.2. The van der Waals surface area contributed by atoms with Gasteiger partial charge in [0, 0.05) is 18.7 Å². The molecule has 0 saturated heterocycles. The van der Waals surface area contributed by atoms with Crippen LogP contribution in [-0.2, 0) is 7.05 Å². The summed E-state index contributed by atoms with van der Waals surface area (Å²) >= 11 is 0. The van der Waals surface area contributed by atoms with E-state index < -0.39 is 28.4 Å². The number of oxazole rings is 1. The number of fused-ring (bicyclic) bond motifs is 2. The Morgan fingerprint density at radius 2 is 1.78 bits per heavy atom. The third-order valence-electron chi connectivity index (χ3n) is 6.79. The summed E-state index contributed by atoms with van der Waals surface area (Å²) in [7, 11) is 1.49. The predicted octanol–water partition coefficient (Wildman–Crippen LogP) is 3.12. The molecule has 0 atom stereocenters. The first-order chi connectivity index (χ1) is 17.7. The van der Waals surface area contributed by atoms with E-state index in [1.165, 1.54) is 45.9 Å². The van der Waals surface area contributed by atoms with Gasteiger partial charge in [-0.1, -0.05) is 6.07 Å². The third-order valence-corrected chi connectivity index (χ3v) is 6.79. The third kappa shape index (κ3) is 3.45. The summed E-state index contributed by atoms with van der Waals surface area (Å²) < 4.78 is 23.6. The summed E-state index contributed by atoms with van der Waals surface area (Å²) in [6, 6.07) is 8.95. The fourth-order valence-corrected chi connectivity index (χ4v) is 4.78. The minimum Gasteiger partial charge on any atom is -0.408 e. The number of nitrogens with one attached hydrogen (secondary N) is 2. The molecule has 0 unspecified atom stereocenters. The molecular weight excluding hydrogens is 481 g/mol. The Balaban J connectivity index is 1.76. The lowest BCUT2D eigenvalue weighted by atomic mass is 10.1. The van der Waals surface area contributed by atoms with E-state index in [0.29, 0.717) is 35.2 Å². The number of aromatic nitrogens is 4. The zero-order valence-electron chi connectivity index (χ0n) is 20.2. The van der Waals surface area contributed by atoms with Gasteiger partial charge in [0.05, 0.1) is 22.4 Å². The summed E-state index contributed by atoms with van der Waals surface area (Å²) in [5.74, 6) is -1.13. The minimum atomic E-state index is -0.649. The first-order valence-corrected chi connectivity index (χ1v) is 11.7. The van der Waals surface area contributed by atoms with Crippen LogP contribution in [0.15, 0.2) is 60.0 Å². The number of hydrogen-bond acceptors (Lipinski definition) is 6. The molecule has 1 fully saturated rings. The number of benzene rings is 2. The molecule has 6 rings (SSSR count). The molecule has 2 N–H and O–H groups in total. The lowest BCUT2D eigenvalue weighted by Gasteiger charge is -2.20. The number of aromatic amines is 1. The molecule has 0 spiro atoms. The van der Waals surface area contributed by atoms with Gasteiger partial charge in [-0.2, -0.15) is 0 Å². The normalized spacial score (nSPS) is 13.5. The molecule has 37 heavy (non-hydrogen) atoms. The van der Waals surface area contributed by atoms with Crippen LogP contribution in [0.25, 0.3) is 27.7 Å². The molecule has 0 amide bonds. The van der Waals surface area contributed by atoms with Crippen molar-refractivity contribution < 1.29 is 8.81 Å². The molecular formula is C26H22FN5O5. The van der Waals surface area contributed by atoms with Crippen molar-refractivity contribution in [1.29, 1.82) is 0 Å². The number of H-pyrrole nitrogens is 1. The molecule has 3 aromatic heterocycles. The molecule has 0 radical (unpaired) electrons. The molecule has 3 heterocycles. The van der Waals surface area contributed by atoms with Gasteiger partial charge in [-0.05, 0) is 62.6 Å². The highest BCUT2D eigenvalue weighted by molar-refractivity contribution is 5.94. The highest BCUT2D eigenvalue weighted by atomic mass is 19.1. The van der Waals surface area contributed by atoms with Crippen molar-refractivity contribution in [2.75, 3.05) is 5.32 Å². The second-order valence-corrected chi connectivity index (χ2v) is 9.39. The summed E-state index contributed by atoms with van der Waals surface area (Å²) in [6.45, 7) is 3.29. The van der Waals surface area contributed by atoms with Crippen molar-refractivity contribution in [3.05, 3.63) is 95.1 Å². The van der Waals surface area contributed by atoms with E-state index in [2.05, 4.69) is 10.3 Å². The number of nitrogens with zero attached hydrogens (tertiary/aromatic N) is 3. The number of rotatable bonds is 4. The van der Waals surface area contributed by atoms with Crippen molar-refractivity contribution in [1.82, 2.24) is 18.7 Å². The fourth-order valence-electron chi connectivity index (χ4n) is 4.78. The van der Waals surface area contributed by atoms with Crippen molar-refractivity contribution in [2.24, 2.45) is 7.05 Å². The zero-order valence-corrected chi connectivity index (χ0v) is 20.2. The molecule has 5 aromatic rings. The number of halogens is 1. The van der Waals surface area contributed by atoms with Crippen LogP contribution in [0.5, 0.6) is 0 Å². The summed E-state index contributed by atoms with van der Waals surface area (Å²) in [5.41, 5.74) is 0.427. The maximum Gasteiger partial charge on any atom is 0.417 e. The number of pyridine rings is 1. The number of anilines is 2. The standard InChI is InChI=1S/C26H22FN5O5/c1-12-4-8-17(16(27)10-12)28-22-20-21(13(2)23(33)30(22)3)31(26(36)32(24(20)34)14-5-6-14)15-7-9-19-18(11-15)29-25(35)37-19/h4,7-11,14,28H,5-6H2,1-3H3,(H,29,35). The smallest absolute Gasteiger partial charge is 0.408 e. The molecule has 0 aliphatic heterocycles. The largest absolute Gasteiger partial charge is 0.417 e. The van der Waals surface area contributed by atoms with Crippen molar-refractivity contribution in [3.8, 4) is 5.69 Å². The van der Waals surface area contributed by atoms with Gasteiger partial charge < -0.3 is 9.73 Å². The molecule has 10 nitrogen and oxygen atoms in total. The van der Waals surface area contributed by atoms with E-state index in [9.17, 15) is 23.6 Å². The highest BCUT2D eigenvalue weighted by Crippen LogP contribution is 2.34. The monoisotopic (exact) mass is 503 g/mol. The Morgan fingerprint density at radius 1 is 1.03 bits per heavy atom. The van der Waals surface area contributed by atoms with E-state index >= 15 is 0 Å². The van der Waals surface area contributed by atoms with Gasteiger partial charge in [0.15, 0.2) is 5.58 Å². The lowest BCUT2D eigenvalue weighted by Crippen LogP contribution is -2.41. The SMILES string of the molecule is Cc1ccc(Nc2c3c(=O)n(C4CC4)c(=O)n(-c4ccc5oc(=O)[nH]c5c4)c3c(C)c(=O)n2C)c(F)c1. The van der Waals surface area contributed by atoms with Gasteiger partial charge in [0.2, 0.25) is 0 Å². The molecule has 1 saturated carbocycles.